The summed E-state index contributed by atoms with van der Waals surface area (Å²) in [5, 5.41) is 11.3. The fraction of sp³-hybridized carbons (Fsp3) is 0.0667. The molecular weight excluding hydrogens is 258 g/mol. The molecule has 2 aromatic rings. The predicted molar refractivity (Wildman–Crippen MR) is 73.0 cm³/mol. The maximum Gasteiger partial charge on any atom is 0.328 e. The lowest BCUT2D eigenvalue weighted by atomic mass is 10.1. The van der Waals surface area contributed by atoms with Crippen LogP contribution in [0.4, 0.5) is 0 Å². The first kappa shape index (κ1) is 13.6. The van der Waals surface area contributed by atoms with Crippen molar-refractivity contribution in [2.24, 2.45) is 0 Å². The summed E-state index contributed by atoms with van der Waals surface area (Å²) >= 11 is 0. The van der Waals surface area contributed by atoms with Gasteiger partial charge in [-0.15, -0.1) is 0 Å². The molecule has 5 nitrogen and oxygen atoms in total. The van der Waals surface area contributed by atoms with Gasteiger partial charge in [-0.1, -0.05) is 12.1 Å². The number of carboxylic acid groups (broad SMARTS) is 1. The molecule has 0 aliphatic rings. The van der Waals surface area contributed by atoms with Crippen molar-refractivity contribution in [1.82, 2.24) is 5.32 Å². The summed E-state index contributed by atoms with van der Waals surface area (Å²) in [4.78, 5) is 22.3. The van der Waals surface area contributed by atoms with Crippen LogP contribution in [0.3, 0.4) is 0 Å². The molecule has 5 heteroatoms. The van der Waals surface area contributed by atoms with Crippen LogP contribution in [0, 0.1) is 0 Å². The standard InChI is InChI=1S/C15H13NO4/c17-14(18)6-3-11-1-4-13(5-2-11)15(19)16-9-12-7-8-20-10-12/h1-8,10H,9H2,(H,16,19)(H,17,18)/b6-3+. The number of benzene rings is 1. The lowest BCUT2D eigenvalue weighted by molar-refractivity contribution is -0.131. The van der Waals surface area contributed by atoms with Gasteiger partial charge in [0.05, 0.1) is 12.5 Å². The van der Waals surface area contributed by atoms with Crippen molar-refractivity contribution in [2.45, 2.75) is 6.54 Å². The summed E-state index contributed by atoms with van der Waals surface area (Å²) in [5.74, 6) is -1.20. The average molecular weight is 271 g/mol. The molecule has 102 valence electrons. The van der Waals surface area contributed by atoms with Crippen LogP contribution in [-0.2, 0) is 11.3 Å². The Hall–Kier alpha value is -2.82. The highest BCUT2D eigenvalue weighted by Crippen LogP contribution is 2.07. The Morgan fingerprint density at radius 1 is 1.20 bits per heavy atom. The maximum absolute atomic E-state index is 11.9. The highest BCUT2D eigenvalue weighted by molar-refractivity contribution is 5.94. The smallest absolute Gasteiger partial charge is 0.328 e. The Labute approximate surface area is 115 Å². The number of amides is 1. The number of hydrogen-bond donors (Lipinski definition) is 2. The van der Waals surface area contributed by atoms with E-state index in [0.29, 0.717) is 12.1 Å². The monoisotopic (exact) mass is 271 g/mol. The van der Waals surface area contributed by atoms with E-state index >= 15 is 0 Å². The van der Waals surface area contributed by atoms with Crippen LogP contribution in [0.2, 0.25) is 0 Å². The SMILES string of the molecule is O=C(O)/C=C/c1ccc(C(=O)NCc2ccoc2)cc1. The average Bonchev–Trinajstić information content (AvgIpc) is 2.96. The molecule has 2 N–H and O–H groups in total. The number of rotatable bonds is 5. The fourth-order valence-corrected chi connectivity index (χ4v) is 1.59. The molecule has 0 spiro atoms. The lowest BCUT2D eigenvalue weighted by Crippen LogP contribution is -2.22. The van der Waals surface area contributed by atoms with Crippen molar-refractivity contribution < 1.29 is 19.1 Å². The first-order valence-electron chi connectivity index (χ1n) is 5.95. The van der Waals surface area contributed by atoms with E-state index < -0.39 is 5.97 Å². The van der Waals surface area contributed by atoms with Gasteiger partial charge < -0.3 is 14.8 Å². The number of hydrogen-bond acceptors (Lipinski definition) is 3. The summed E-state index contributed by atoms with van der Waals surface area (Å²) in [6, 6.07) is 8.44. The van der Waals surface area contributed by atoms with E-state index in [9.17, 15) is 9.59 Å². The van der Waals surface area contributed by atoms with E-state index in [1.54, 1.807) is 42.9 Å². The molecular formula is C15H13NO4. The van der Waals surface area contributed by atoms with Gasteiger partial charge in [-0.2, -0.15) is 0 Å². The maximum atomic E-state index is 11.9. The molecule has 20 heavy (non-hydrogen) atoms. The molecule has 1 aromatic carbocycles. The molecule has 0 fully saturated rings. The zero-order chi connectivity index (χ0) is 14.4. The Morgan fingerprint density at radius 3 is 2.55 bits per heavy atom. The highest BCUT2D eigenvalue weighted by atomic mass is 16.4. The van der Waals surface area contributed by atoms with Crippen molar-refractivity contribution in [3.63, 3.8) is 0 Å². The van der Waals surface area contributed by atoms with Crippen LogP contribution in [0.15, 0.2) is 53.4 Å². The normalized spacial score (nSPS) is 10.6. The quantitative estimate of drug-likeness (QED) is 0.818. The van der Waals surface area contributed by atoms with Crippen LogP contribution in [0.1, 0.15) is 21.5 Å². The molecule has 1 heterocycles. The third-order valence-electron chi connectivity index (χ3n) is 2.62. The summed E-state index contributed by atoms with van der Waals surface area (Å²) < 4.78 is 4.91. The number of carbonyl (C=O) groups excluding carboxylic acids is 1. The minimum absolute atomic E-state index is 0.194. The Balaban J connectivity index is 1.95. The van der Waals surface area contributed by atoms with Crippen molar-refractivity contribution in [2.75, 3.05) is 0 Å². The molecule has 2 rings (SSSR count). The zero-order valence-corrected chi connectivity index (χ0v) is 10.6. The van der Waals surface area contributed by atoms with Crippen LogP contribution >= 0.6 is 0 Å². The minimum atomic E-state index is -1.01. The number of nitrogens with one attached hydrogen (secondary N) is 1. The van der Waals surface area contributed by atoms with E-state index in [1.807, 2.05) is 0 Å². The van der Waals surface area contributed by atoms with Crippen LogP contribution in [0.25, 0.3) is 6.08 Å². The minimum Gasteiger partial charge on any atom is -0.478 e. The second-order valence-electron chi connectivity index (χ2n) is 4.11. The van der Waals surface area contributed by atoms with Crippen LogP contribution in [-0.4, -0.2) is 17.0 Å². The molecule has 0 aliphatic carbocycles. The van der Waals surface area contributed by atoms with Gasteiger partial charge in [0.2, 0.25) is 0 Å². The van der Waals surface area contributed by atoms with Crippen molar-refractivity contribution in [3.05, 3.63) is 65.6 Å². The van der Waals surface area contributed by atoms with Gasteiger partial charge in [-0.25, -0.2) is 4.79 Å². The van der Waals surface area contributed by atoms with E-state index in [0.717, 1.165) is 17.2 Å². The lowest BCUT2D eigenvalue weighted by Gasteiger charge is -2.03. The van der Waals surface area contributed by atoms with E-state index in [4.69, 9.17) is 9.52 Å². The van der Waals surface area contributed by atoms with Crippen molar-refractivity contribution in [1.29, 1.82) is 0 Å². The molecule has 1 amide bonds. The summed E-state index contributed by atoms with van der Waals surface area (Å²) in [7, 11) is 0. The van der Waals surface area contributed by atoms with Crippen LogP contribution < -0.4 is 5.32 Å². The molecule has 1 aromatic heterocycles. The van der Waals surface area contributed by atoms with E-state index in [2.05, 4.69) is 5.32 Å². The fourth-order valence-electron chi connectivity index (χ4n) is 1.59. The van der Waals surface area contributed by atoms with Gasteiger partial charge in [-0.05, 0) is 29.8 Å². The third kappa shape index (κ3) is 3.84. The zero-order valence-electron chi connectivity index (χ0n) is 10.6. The van der Waals surface area contributed by atoms with Crippen LogP contribution in [0.5, 0.6) is 0 Å². The molecule has 0 saturated carbocycles. The number of aliphatic carboxylic acids is 1. The van der Waals surface area contributed by atoms with Gasteiger partial charge in [0, 0.05) is 23.7 Å². The second-order valence-corrected chi connectivity index (χ2v) is 4.11. The Morgan fingerprint density at radius 2 is 1.95 bits per heavy atom. The summed E-state index contributed by atoms with van der Waals surface area (Å²) in [5.41, 5.74) is 2.12. The highest BCUT2D eigenvalue weighted by Gasteiger charge is 2.05. The van der Waals surface area contributed by atoms with E-state index in [1.165, 1.54) is 6.08 Å². The molecule has 0 bridgehead atoms. The van der Waals surface area contributed by atoms with Crippen molar-refractivity contribution >= 4 is 18.0 Å². The van der Waals surface area contributed by atoms with Gasteiger partial charge in [-0.3, -0.25) is 4.79 Å². The summed E-state index contributed by atoms with van der Waals surface area (Å²) in [6.45, 7) is 0.399. The van der Waals surface area contributed by atoms with Gasteiger partial charge in [0.1, 0.15) is 0 Å². The van der Waals surface area contributed by atoms with Gasteiger partial charge >= 0.3 is 5.97 Å². The second kappa shape index (κ2) is 6.38. The Kier molecular flexibility index (Phi) is 4.34. The molecule has 0 atom stereocenters. The molecule has 0 radical (unpaired) electrons. The largest absolute Gasteiger partial charge is 0.478 e. The molecule has 0 saturated heterocycles. The summed E-state index contributed by atoms with van der Waals surface area (Å²) in [6.07, 6.45) is 5.63. The molecule has 0 unspecified atom stereocenters. The number of furan rings is 1. The van der Waals surface area contributed by atoms with Crippen molar-refractivity contribution in [3.8, 4) is 0 Å². The number of carbonyl (C=O) groups is 2. The molecule has 0 aliphatic heterocycles. The van der Waals surface area contributed by atoms with Gasteiger partial charge in [0.25, 0.3) is 5.91 Å². The number of carboxylic acids is 1. The predicted octanol–water partition coefficient (Wildman–Crippen LogP) is 2.31. The Bertz CT molecular complexity index is 612. The topological polar surface area (TPSA) is 79.5 Å². The third-order valence-corrected chi connectivity index (χ3v) is 2.62. The first-order valence-corrected chi connectivity index (χ1v) is 5.95. The first-order chi connectivity index (χ1) is 9.65. The van der Waals surface area contributed by atoms with Gasteiger partial charge in [0.15, 0.2) is 0 Å². The van der Waals surface area contributed by atoms with E-state index in [-0.39, 0.29) is 5.91 Å².